The van der Waals surface area contributed by atoms with Gasteiger partial charge in [-0.15, -0.1) is 0 Å². The highest BCUT2D eigenvalue weighted by molar-refractivity contribution is 5.29. The topological polar surface area (TPSA) is 32.7 Å². The van der Waals surface area contributed by atoms with Crippen LogP contribution in [0.3, 0.4) is 0 Å². The summed E-state index contributed by atoms with van der Waals surface area (Å²) in [5, 5.41) is 10.5. The van der Waals surface area contributed by atoms with E-state index in [0.717, 1.165) is 38.4 Å². The van der Waals surface area contributed by atoms with E-state index in [1.807, 2.05) is 0 Å². The van der Waals surface area contributed by atoms with Crippen LogP contribution in [0, 0.1) is 16.7 Å². The van der Waals surface area contributed by atoms with Gasteiger partial charge < -0.3 is 9.84 Å². The highest BCUT2D eigenvalue weighted by Gasteiger charge is 2.61. The summed E-state index contributed by atoms with van der Waals surface area (Å²) in [5.74, 6) is 0.816. The zero-order valence-electron chi connectivity index (χ0n) is 16.7. The van der Waals surface area contributed by atoms with Crippen molar-refractivity contribution in [3.63, 3.8) is 0 Å². The van der Waals surface area contributed by atoms with Crippen LogP contribution in [0.4, 0.5) is 0 Å². The molecular weight excluding hydrogens is 322 g/mol. The van der Waals surface area contributed by atoms with E-state index in [4.69, 9.17) is 4.74 Å². The number of rotatable bonds is 6. The first kappa shape index (κ1) is 18.5. The molecule has 2 saturated carbocycles. The molecule has 4 atom stereocenters. The zero-order valence-corrected chi connectivity index (χ0v) is 16.7. The van der Waals surface area contributed by atoms with E-state index in [-0.39, 0.29) is 6.10 Å². The maximum Gasteiger partial charge on any atom is 0.0689 e. The lowest BCUT2D eigenvalue weighted by Crippen LogP contribution is -2.39. The lowest BCUT2D eigenvalue weighted by Gasteiger charge is -2.39. The summed E-state index contributed by atoms with van der Waals surface area (Å²) >= 11 is 0. The van der Waals surface area contributed by atoms with Gasteiger partial charge in [-0.25, -0.2) is 0 Å². The molecule has 0 unspecified atom stereocenters. The van der Waals surface area contributed by atoms with Crippen molar-refractivity contribution in [2.45, 2.75) is 71.6 Å². The van der Waals surface area contributed by atoms with Crippen LogP contribution in [-0.4, -0.2) is 41.9 Å². The van der Waals surface area contributed by atoms with Crippen molar-refractivity contribution >= 4 is 0 Å². The molecular formula is C23H35NO2. The van der Waals surface area contributed by atoms with Gasteiger partial charge in [-0.05, 0) is 60.0 Å². The van der Waals surface area contributed by atoms with E-state index in [1.54, 1.807) is 0 Å². The number of aliphatic hydroxyl groups is 1. The first-order valence-corrected chi connectivity index (χ1v) is 10.5. The van der Waals surface area contributed by atoms with Crippen molar-refractivity contribution in [1.29, 1.82) is 0 Å². The largest absolute Gasteiger partial charge is 0.392 e. The van der Waals surface area contributed by atoms with E-state index >= 15 is 0 Å². The van der Waals surface area contributed by atoms with Gasteiger partial charge in [0.1, 0.15) is 0 Å². The molecule has 2 bridgehead atoms. The first-order valence-electron chi connectivity index (χ1n) is 10.5. The Morgan fingerprint density at radius 3 is 2.69 bits per heavy atom. The van der Waals surface area contributed by atoms with E-state index in [9.17, 15) is 5.11 Å². The highest BCUT2D eigenvalue weighted by atomic mass is 16.5. The number of ether oxygens (including phenoxy) is 1. The molecule has 3 aliphatic rings. The Morgan fingerprint density at radius 1 is 1.23 bits per heavy atom. The minimum absolute atomic E-state index is 0.292. The second kappa shape index (κ2) is 6.92. The van der Waals surface area contributed by atoms with Gasteiger partial charge in [0.2, 0.25) is 0 Å². The Balaban J connectivity index is 1.23. The molecule has 1 N–H and O–H groups in total. The minimum atomic E-state index is -0.292. The molecule has 3 heteroatoms. The molecule has 0 radical (unpaired) electrons. The minimum Gasteiger partial charge on any atom is -0.392 e. The summed E-state index contributed by atoms with van der Waals surface area (Å²) in [6, 6.07) is 8.69. The Bertz CT molecular complexity index is 643. The highest BCUT2D eigenvalue weighted by Crippen LogP contribution is 2.66. The molecule has 0 amide bonds. The second-order valence-corrected chi connectivity index (χ2v) is 9.67. The van der Waals surface area contributed by atoms with E-state index in [2.05, 4.69) is 49.9 Å². The predicted octanol–water partition coefficient (Wildman–Crippen LogP) is 4.03. The molecule has 1 heterocycles. The van der Waals surface area contributed by atoms with E-state index < -0.39 is 0 Å². The van der Waals surface area contributed by atoms with Crippen molar-refractivity contribution < 1.29 is 9.84 Å². The van der Waals surface area contributed by atoms with Gasteiger partial charge in [-0.1, -0.05) is 45.0 Å². The smallest absolute Gasteiger partial charge is 0.0689 e. The van der Waals surface area contributed by atoms with Gasteiger partial charge in [0.15, 0.2) is 0 Å². The summed E-state index contributed by atoms with van der Waals surface area (Å²) in [7, 11) is 0. The molecule has 3 nitrogen and oxygen atoms in total. The molecule has 26 heavy (non-hydrogen) atoms. The third kappa shape index (κ3) is 3.12. The van der Waals surface area contributed by atoms with Crippen LogP contribution >= 0.6 is 0 Å². The predicted molar refractivity (Wildman–Crippen MR) is 105 cm³/mol. The average molecular weight is 358 g/mol. The molecule has 2 aliphatic carbocycles. The Hall–Kier alpha value is -0.900. The maximum atomic E-state index is 10.5. The number of hydrogen-bond acceptors (Lipinski definition) is 3. The second-order valence-electron chi connectivity index (χ2n) is 9.67. The fourth-order valence-corrected chi connectivity index (χ4v) is 5.83. The van der Waals surface area contributed by atoms with Gasteiger partial charge in [0.05, 0.1) is 12.2 Å². The lowest BCUT2D eigenvalue weighted by atomic mass is 9.70. The maximum absolute atomic E-state index is 10.5. The van der Waals surface area contributed by atoms with Gasteiger partial charge >= 0.3 is 0 Å². The molecule has 4 rings (SSSR count). The molecule has 0 spiro atoms. The number of fused-ring (bicyclic) bond motifs is 3. The Labute approximate surface area is 158 Å². The average Bonchev–Trinajstić information content (AvgIpc) is 2.95. The number of aliphatic hydroxyl groups excluding tert-OH is 1. The fraction of sp³-hybridized carbons (Fsp3) is 0.739. The monoisotopic (exact) mass is 357 g/mol. The van der Waals surface area contributed by atoms with Gasteiger partial charge in [0, 0.05) is 26.2 Å². The van der Waals surface area contributed by atoms with E-state index in [0.29, 0.717) is 23.5 Å². The Kier molecular flexibility index (Phi) is 4.92. The number of hydrogen-bond donors (Lipinski definition) is 1. The normalized spacial score (nSPS) is 34.0. The summed E-state index contributed by atoms with van der Waals surface area (Å²) in [6.07, 6.45) is 5.80. The summed E-state index contributed by atoms with van der Waals surface area (Å²) < 4.78 is 6.31. The molecule has 144 valence electrons. The summed E-state index contributed by atoms with van der Waals surface area (Å²) in [4.78, 5) is 2.38. The van der Waals surface area contributed by atoms with Gasteiger partial charge in [-0.2, -0.15) is 0 Å². The molecule has 2 fully saturated rings. The van der Waals surface area contributed by atoms with Crippen LogP contribution in [0.15, 0.2) is 24.3 Å². The standard InChI is InChI=1S/C23H35NO2/c1-22(2)19-8-11-23(22,3)21(14-19)26-13-10-20(25)16-24-12-9-17-6-4-5-7-18(17)15-24/h4-7,19-21,25H,8-16H2,1-3H3/t19-,20+,21-,23+/m1/s1. The van der Waals surface area contributed by atoms with Crippen molar-refractivity contribution in [2.75, 3.05) is 19.7 Å². The van der Waals surface area contributed by atoms with Crippen LogP contribution in [0.25, 0.3) is 0 Å². The molecule has 0 aromatic heterocycles. The van der Waals surface area contributed by atoms with Crippen LogP contribution in [-0.2, 0) is 17.7 Å². The number of β-amino-alcohol motifs (C(OH)–C–C–N with tert-alkyl or cyclic N) is 1. The third-order valence-corrected chi connectivity index (χ3v) is 8.16. The number of benzene rings is 1. The first-order chi connectivity index (χ1) is 12.4. The van der Waals surface area contributed by atoms with Crippen molar-refractivity contribution in [1.82, 2.24) is 4.90 Å². The number of nitrogens with zero attached hydrogens (tertiary/aromatic N) is 1. The third-order valence-electron chi connectivity index (χ3n) is 8.16. The van der Waals surface area contributed by atoms with Crippen molar-refractivity contribution in [2.24, 2.45) is 16.7 Å². The fourth-order valence-electron chi connectivity index (χ4n) is 5.83. The molecule has 0 saturated heterocycles. The molecule has 1 aromatic carbocycles. The van der Waals surface area contributed by atoms with Gasteiger partial charge in [0.25, 0.3) is 0 Å². The van der Waals surface area contributed by atoms with Crippen molar-refractivity contribution in [3.05, 3.63) is 35.4 Å². The summed E-state index contributed by atoms with van der Waals surface area (Å²) in [5.41, 5.74) is 3.60. The molecule has 1 aromatic rings. The van der Waals surface area contributed by atoms with Crippen LogP contribution in [0.1, 0.15) is 57.6 Å². The van der Waals surface area contributed by atoms with Crippen LogP contribution in [0.2, 0.25) is 0 Å². The zero-order chi connectivity index (χ0) is 18.4. The van der Waals surface area contributed by atoms with E-state index in [1.165, 1.54) is 30.4 Å². The van der Waals surface area contributed by atoms with Gasteiger partial charge in [-0.3, -0.25) is 4.90 Å². The van der Waals surface area contributed by atoms with Crippen molar-refractivity contribution in [3.8, 4) is 0 Å². The van der Waals surface area contributed by atoms with Crippen LogP contribution in [0.5, 0.6) is 0 Å². The summed E-state index contributed by atoms with van der Waals surface area (Å²) in [6.45, 7) is 10.7. The van der Waals surface area contributed by atoms with Crippen LogP contribution < -0.4 is 0 Å². The SMILES string of the molecule is CC1(C)[C@@H]2CC[C@@]1(C)[C@H](OCC[C@H](O)CN1CCc3ccccc3C1)C2. The lowest BCUT2D eigenvalue weighted by molar-refractivity contribution is -0.0566. The Morgan fingerprint density at radius 2 is 2.00 bits per heavy atom. The molecule has 1 aliphatic heterocycles. The quantitative estimate of drug-likeness (QED) is 0.834.